The molecule has 0 bridgehead atoms. The second kappa shape index (κ2) is 10.0. The molecule has 2 rings (SSSR count). The lowest BCUT2D eigenvalue weighted by molar-refractivity contribution is -0.143. The number of nitrogens with zero attached hydrogens (tertiary/aromatic N) is 1. The molecule has 0 saturated heterocycles. The van der Waals surface area contributed by atoms with Gasteiger partial charge < -0.3 is 15.0 Å². The molecule has 2 amide bonds. The molecule has 1 N–H and O–H groups in total. The van der Waals surface area contributed by atoms with Crippen LogP contribution in [-0.4, -0.2) is 42.1 Å². The highest BCUT2D eigenvalue weighted by Gasteiger charge is 2.34. The first-order valence-electron chi connectivity index (χ1n) is 10.2. The summed E-state index contributed by atoms with van der Waals surface area (Å²) in [5.41, 5.74) is 0. The molecule has 0 aliphatic heterocycles. The second-order valence-corrected chi connectivity index (χ2v) is 8.15. The maximum Gasteiger partial charge on any atom is 0.328 e. The number of ether oxygens (including phenoxy) is 1. The lowest BCUT2D eigenvalue weighted by atomic mass is 9.89. The SMILES string of the molecule is COC(=O)[C@H](CC(C)C)NC(=O)N(C1CCCCC1)C1CCCCC1. The van der Waals surface area contributed by atoms with Crippen molar-refractivity contribution in [2.75, 3.05) is 7.11 Å². The van der Waals surface area contributed by atoms with E-state index >= 15 is 0 Å². The van der Waals surface area contributed by atoms with Gasteiger partial charge in [-0.1, -0.05) is 52.4 Å². The summed E-state index contributed by atoms with van der Waals surface area (Å²) in [6.45, 7) is 4.12. The van der Waals surface area contributed by atoms with Gasteiger partial charge in [0.15, 0.2) is 0 Å². The molecule has 144 valence electrons. The highest BCUT2D eigenvalue weighted by Crippen LogP contribution is 2.30. The molecular weight excluding hydrogens is 316 g/mol. The van der Waals surface area contributed by atoms with Crippen LogP contribution in [0.2, 0.25) is 0 Å². The zero-order chi connectivity index (χ0) is 18.2. The van der Waals surface area contributed by atoms with Crippen LogP contribution in [0.15, 0.2) is 0 Å². The van der Waals surface area contributed by atoms with E-state index in [9.17, 15) is 9.59 Å². The molecule has 0 aromatic rings. The topological polar surface area (TPSA) is 58.6 Å². The first-order chi connectivity index (χ1) is 12.0. The molecule has 2 aliphatic rings. The monoisotopic (exact) mass is 352 g/mol. The maximum atomic E-state index is 13.2. The van der Waals surface area contributed by atoms with E-state index in [-0.39, 0.29) is 12.0 Å². The van der Waals surface area contributed by atoms with Gasteiger partial charge >= 0.3 is 12.0 Å². The molecule has 2 fully saturated rings. The van der Waals surface area contributed by atoms with Gasteiger partial charge in [-0.2, -0.15) is 0 Å². The van der Waals surface area contributed by atoms with Gasteiger partial charge in [0.05, 0.1) is 7.11 Å². The fourth-order valence-electron chi connectivity index (χ4n) is 4.40. The fraction of sp³-hybridized carbons (Fsp3) is 0.900. The number of rotatable bonds is 6. The van der Waals surface area contributed by atoms with E-state index in [0.717, 1.165) is 25.7 Å². The standard InChI is InChI=1S/C20H36N2O3/c1-15(2)14-18(19(23)25-3)21-20(24)22(16-10-6-4-7-11-16)17-12-8-5-9-13-17/h15-18H,4-14H2,1-3H3,(H,21,24)/t18-/m0/s1. The van der Waals surface area contributed by atoms with E-state index in [1.165, 1.54) is 45.6 Å². The zero-order valence-electron chi connectivity index (χ0n) is 16.3. The Morgan fingerprint density at radius 3 is 1.84 bits per heavy atom. The van der Waals surface area contributed by atoms with Crippen LogP contribution in [0.25, 0.3) is 0 Å². The van der Waals surface area contributed by atoms with E-state index in [0.29, 0.717) is 24.4 Å². The quantitative estimate of drug-likeness (QED) is 0.727. The Morgan fingerprint density at radius 1 is 0.960 bits per heavy atom. The van der Waals surface area contributed by atoms with Crippen molar-refractivity contribution in [2.24, 2.45) is 5.92 Å². The first kappa shape index (κ1) is 20.1. The third-order valence-corrected chi connectivity index (χ3v) is 5.66. The molecule has 5 heteroatoms. The molecule has 2 saturated carbocycles. The van der Waals surface area contributed by atoms with Gasteiger partial charge in [-0.15, -0.1) is 0 Å². The van der Waals surface area contributed by atoms with Crippen LogP contribution in [-0.2, 0) is 9.53 Å². The highest BCUT2D eigenvalue weighted by atomic mass is 16.5. The van der Waals surface area contributed by atoms with Crippen molar-refractivity contribution in [3.63, 3.8) is 0 Å². The highest BCUT2D eigenvalue weighted by molar-refractivity contribution is 5.83. The van der Waals surface area contributed by atoms with Crippen molar-refractivity contribution >= 4 is 12.0 Å². The third-order valence-electron chi connectivity index (χ3n) is 5.66. The van der Waals surface area contributed by atoms with Gasteiger partial charge in [0.1, 0.15) is 6.04 Å². The summed E-state index contributed by atoms with van der Waals surface area (Å²) >= 11 is 0. The molecule has 0 unspecified atom stereocenters. The Morgan fingerprint density at radius 2 is 1.44 bits per heavy atom. The van der Waals surface area contributed by atoms with Crippen molar-refractivity contribution in [2.45, 2.75) is 103 Å². The van der Waals surface area contributed by atoms with Gasteiger partial charge in [0.25, 0.3) is 0 Å². The zero-order valence-corrected chi connectivity index (χ0v) is 16.3. The lowest BCUT2D eigenvalue weighted by Gasteiger charge is -2.42. The summed E-state index contributed by atoms with van der Waals surface area (Å²) in [4.78, 5) is 27.4. The number of esters is 1. The molecule has 25 heavy (non-hydrogen) atoms. The summed E-state index contributed by atoms with van der Waals surface area (Å²) in [6.07, 6.45) is 12.3. The van der Waals surface area contributed by atoms with E-state index in [2.05, 4.69) is 24.1 Å². The van der Waals surface area contributed by atoms with Crippen LogP contribution in [0.1, 0.15) is 84.5 Å². The Bertz CT molecular complexity index is 409. The van der Waals surface area contributed by atoms with Crippen molar-refractivity contribution in [1.29, 1.82) is 0 Å². The molecule has 0 radical (unpaired) electrons. The molecule has 0 aromatic heterocycles. The predicted octanol–water partition coefficient (Wildman–Crippen LogP) is 4.25. The van der Waals surface area contributed by atoms with Gasteiger partial charge in [-0.25, -0.2) is 9.59 Å². The molecule has 0 heterocycles. The van der Waals surface area contributed by atoms with Crippen LogP contribution in [0.3, 0.4) is 0 Å². The van der Waals surface area contributed by atoms with Crippen molar-refractivity contribution in [3.8, 4) is 0 Å². The minimum Gasteiger partial charge on any atom is -0.467 e. The summed E-state index contributed by atoms with van der Waals surface area (Å²) in [6, 6.07) is 0.0467. The molecule has 5 nitrogen and oxygen atoms in total. The Kier molecular flexibility index (Phi) is 8.04. The largest absolute Gasteiger partial charge is 0.467 e. The van der Waals surface area contributed by atoms with E-state index in [4.69, 9.17) is 4.74 Å². The van der Waals surface area contributed by atoms with E-state index < -0.39 is 6.04 Å². The maximum absolute atomic E-state index is 13.2. The Labute approximate surface area is 152 Å². The number of nitrogens with one attached hydrogen (secondary N) is 1. The molecule has 1 atom stereocenters. The summed E-state index contributed by atoms with van der Waals surface area (Å²) < 4.78 is 4.91. The van der Waals surface area contributed by atoms with Crippen LogP contribution < -0.4 is 5.32 Å². The van der Waals surface area contributed by atoms with E-state index in [1.807, 2.05) is 0 Å². The molecule has 0 spiro atoms. The molecular formula is C20H36N2O3. The first-order valence-corrected chi connectivity index (χ1v) is 10.2. The number of hydrogen-bond acceptors (Lipinski definition) is 3. The second-order valence-electron chi connectivity index (χ2n) is 8.15. The summed E-state index contributed by atoms with van der Waals surface area (Å²) in [5, 5.41) is 3.01. The van der Waals surface area contributed by atoms with Crippen LogP contribution >= 0.6 is 0 Å². The van der Waals surface area contributed by atoms with Crippen molar-refractivity contribution in [1.82, 2.24) is 10.2 Å². The van der Waals surface area contributed by atoms with Gasteiger partial charge in [-0.3, -0.25) is 0 Å². The number of urea groups is 1. The molecule has 2 aliphatic carbocycles. The molecule has 0 aromatic carbocycles. The van der Waals surface area contributed by atoms with Gasteiger partial charge in [-0.05, 0) is 38.0 Å². The van der Waals surface area contributed by atoms with E-state index in [1.54, 1.807) is 0 Å². The Hall–Kier alpha value is -1.26. The van der Waals surface area contributed by atoms with Crippen LogP contribution in [0, 0.1) is 5.92 Å². The van der Waals surface area contributed by atoms with Crippen molar-refractivity contribution in [3.05, 3.63) is 0 Å². The number of amides is 2. The minimum absolute atomic E-state index is 0.0603. The number of carbonyl (C=O) groups excluding carboxylic acids is 2. The predicted molar refractivity (Wildman–Crippen MR) is 99.4 cm³/mol. The normalized spacial score (nSPS) is 21.0. The summed E-state index contributed by atoms with van der Waals surface area (Å²) in [7, 11) is 1.39. The number of hydrogen-bond donors (Lipinski definition) is 1. The lowest BCUT2D eigenvalue weighted by Crippen LogP contribution is -2.56. The average molecular weight is 353 g/mol. The Balaban J connectivity index is 2.10. The smallest absolute Gasteiger partial charge is 0.328 e. The van der Waals surface area contributed by atoms with Gasteiger partial charge in [0.2, 0.25) is 0 Å². The number of carbonyl (C=O) groups is 2. The van der Waals surface area contributed by atoms with Crippen molar-refractivity contribution < 1.29 is 14.3 Å². The average Bonchev–Trinajstić information content (AvgIpc) is 2.62. The van der Waals surface area contributed by atoms with Crippen LogP contribution in [0.4, 0.5) is 4.79 Å². The third kappa shape index (κ3) is 5.89. The minimum atomic E-state index is -0.549. The summed E-state index contributed by atoms with van der Waals surface area (Å²) in [5.74, 6) is -0.0171. The number of methoxy groups -OCH3 is 1. The van der Waals surface area contributed by atoms with Crippen LogP contribution in [0.5, 0.6) is 0 Å². The van der Waals surface area contributed by atoms with Gasteiger partial charge in [0, 0.05) is 12.1 Å². The fourth-order valence-corrected chi connectivity index (χ4v) is 4.40.